The molecule has 0 radical (unpaired) electrons. The Morgan fingerprint density at radius 1 is 1.09 bits per heavy atom. The molecular weight excluding hydrogens is 705 g/mol. The van der Waals surface area contributed by atoms with E-state index >= 15 is 8.78 Å². The zero-order valence-electron chi connectivity index (χ0n) is 30.6. The highest BCUT2D eigenvalue weighted by molar-refractivity contribution is 6.12. The van der Waals surface area contributed by atoms with Crippen molar-refractivity contribution in [2.75, 3.05) is 45.9 Å². The number of aromatic nitrogens is 2. The molecule has 4 amide bonds. The summed E-state index contributed by atoms with van der Waals surface area (Å²) in [6.45, 7) is 6.01. The second-order valence-electron chi connectivity index (χ2n) is 14.3. The Kier molecular flexibility index (Phi) is 13.4. The van der Waals surface area contributed by atoms with Crippen molar-refractivity contribution in [3.05, 3.63) is 89.9 Å². The highest BCUT2D eigenvalue weighted by Crippen LogP contribution is 2.43. The van der Waals surface area contributed by atoms with Crippen molar-refractivity contribution in [2.45, 2.75) is 58.5 Å². The number of carbonyl (C=O) groups is 4. The van der Waals surface area contributed by atoms with Gasteiger partial charge in [-0.1, -0.05) is 44.2 Å². The number of ether oxygens (including phenoxy) is 1. The Labute approximate surface area is 312 Å². The van der Waals surface area contributed by atoms with E-state index in [1.807, 2.05) is 44.2 Å². The van der Waals surface area contributed by atoms with Crippen molar-refractivity contribution in [1.82, 2.24) is 30.0 Å². The topological polar surface area (TPSA) is 146 Å². The van der Waals surface area contributed by atoms with Crippen LogP contribution in [0.25, 0.3) is 11.3 Å². The van der Waals surface area contributed by atoms with E-state index in [4.69, 9.17) is 9.72 Å². The average molecular weight is 753 g/mol. The molecular formula is C39H47F3N6O6. The molecule has 15 heteroatoms. The maximum atomic E-state index is 15.2. The van der Waals surface area contributed by atoms with Crippen molar-refractivity contribution < 1.29 is 42.2 Å². The quantitative estimate of drug-likeness (QED) is 0.132. The molecule has 54 heavy (non-hydrogen) atoms. The molecule has 0 saturated carbocycles. The van der Waals surface area contributed by atoms with Crippen LogP contribution in [0.3, 0.4) is 0 Å². The molecule has 3 aromatic rings. The maximum absolute atomic E-state index is 15.2. The number of rotatable bonds is 18. The van der Waals surface area contributed by atoms with Crippen molar-refractivity contribution in [2.24, 2.45) is 11.3 Å². The standard InChI is InChI=1S/C39H47F3N6O6/c1-25(49)38(53)48(23-27-20-43-21-31(27)42)36(39(2,3)14-15-44-33(50)13-17-54-18-16-47-34(51)11-12-35(47)52)37-45-32(29-19-28(40)9-10-30(29)41)24-46(37)22-26-7-5-4-6-8-26/h4-12,19,24-25,27,31,36,43,49H,13-18,20-23H2,1-3H3,(H,44,50)/t25-,27-,31-,36-/m0/s1. The minimum absolute atomic E-state index is 0.00719. The lowest BCUT2D eigenvalue weighted by atomic mass is 9.78. The fourth-order valence-corrected chi connectivity index (χ4v) is 6.81. The van der Waals surface area contributed by atoms with E-state index in [2.05, 4.69) is 10.6 Å². The van der Waals surface area contributed by atoms with Crippen LogP contribution in [-0.4, -0.2) is 106 Å². The molecule has 1 saturated heterocycles. The number of halogens is 3. The summed E-state index contributed by atoms with van der Waals surface area (Å²) >= 11 is 0. The summed E-state index contributed by atoms with van der Waals surface area (Å²) in [5.41, 5.74) is -0.00768. The van der Waals surface area contributed by atoms with Gasteiger partial charge >= 0.3 is 0 Å². The second kappa shape index (κ2) is 18.0. The third-order valence-corrected chi connectivity index (χ3v) is 9.76. The van der Waals surface area contributed by atoms with Gasteiger partial charge in [0.1, 0.15) is 29.7 Å². The van der Waals surface area contributed by atoms with Crippen LogP contribution in [0.5, 0.6) is 0 Å². The van der Waals surface area contributed by atoms with Gasteiger partial charge in [0.25, 0.3) is 17.7 Å². The van der Waals surface area contributed by atoms with Crippen LogP contribution in [0.2, 0.25) is 0 Å². The van der Waals surface area contributed by atoms with Crippen molar-refractivity contribution in [1.29, 1.82) is 0 Å². The largest absolute Gasteiger partial charge is 0.384 e. The van der Waals surface area contributed by atoms with Gasteiger partial charge in [0.15, 0.2) is 0 Å². The van der Waals surface area contributed by atoms with Crippen LogP contribution in [0.4, 0.5) is 13.2 Å². The average Bonchev–Trinajstić information content (AvgIpc) is 3.83. The molecule has 2 aliphatic rings. The van der Waals surface area contributed by atoms with Crippen LogP contribution >= 0.6 is 0 Å². The number of aliphatic hydroxyl groups is 1. The zero-order chi connectivity index (χ0) is 39.0. The molecule has 2 aliphatic heterocycles. The lowest BCUT2D eigenvalue weighted by Crippen LogP contribution is -2.50. The summed E-state index contributed by atoms with van der Waals surface area (Å²) < 4.78 is 52.0. The van der Waals surface area contributed by atoms with Gasteiger partial charge < -0.3 is 29.9 Å². The van der Waals surface area contributed by atoms with E-state index in [0.29, 0.717) is 12.4 Å². The summed E-state index contributed by atoms with van der Waals surface area (Å²) in [5.74, 6) is -3.45. The molecule has 290 valence electrons. The maximum Gasteiger partial charge on any atom is 0.253 e. The van der Waals surface area contributed by atoms with Crippen LogP contribution in [0.1, 0.15) is 51.0 Å². The number of hydrogen-bond acceptors (Lipinski definition) is 8. The number of amides is 4. The molecule has 0 spiro atoms. The normalized spacial score (nSPS) is 18.3. The van der Waals surface area contributed by atoms with Gasteiger partial charge in [-0.05, 0) is 42.5 Å². The molecule has 0 aliphatic carbocycles. The zero-order valence-corrected chi connectivity index (χ0v) is 30.6. The molecule has 1 fully saturated rings. The highest BCUT2D eigenvalue weighted by atomic mass is 19.1. The van der Waals surface area contributed by atoms with Crippen LogP contribution < -0.4 is 10.6 Å². The van der Waals surface area contributed by atoms with Gasteiger partial charge in [0.2, 0.25) is 5.91 Å². The second-order valence-corrected chi connectivity index (χ2v) is 14.3. The summed E-state index contributed by atoms with van der Waals surface area (Å²) in [6, 6.07) is 11.5. The first-order chi connectivity index (χ1) is 25.7. The van der Waals surface area contributed by atoms with Gasteiger partial charge in [-0.2, -0.15) is 0 Å². The lowest BCUT2D eigenvalue weighted by molar-refractivity contribution is -0.146. The number of alkyl halides is 1. The van der Waals surface area contributed by atoms with Gasteiger partial charge in [0, 0.05) is 69.0 Å². The molecule has 0 unspecified atom stereocenters. The van der Waals surface area contributed by atoms with Crippen LogP contribution in [0.15, 0.2) is 66.9 Å². The van der Waals surface area contributed by atoms with Crippen molar-refractivity contribution in [3.8, 4) is 11.3 Å². The first-order valence-corrected chi connectivity index (χ1v) is 18.0. The van der Waals surface area contributed by atoms with Gasteiger partial charge in [-0.3, -0.25) is 24.1 Å². The molecule has 5 rings (SSSR count). The molecule has 3 heterocycles. The smallest absolute Gasteiger partial charge is 0.253 e. The molecule has 3 N–H and O–H groups in total. The van der Waals surface area contributed by atoms with E-state index in [-0.39, 0.29) is 75.9 Å². The first-order valence-electron chi connectivity index (χ1n) is 18.0. The molecule has 12 nitrogen and oxygen atoms in total. The molecule has 1 aromatic heterocycles. The molecule has 2 aromatic carbocycles. The Morgan fingerprint density at radius 3 is 2.48 bits per heavy atom. The number of benzene rings is 2. The van der Waals surface area contributed by atoms with Crippen molar-refractivity contribution >= 4 is 23.6 Å². The van der Waals surface area contributed by atoms with Crippen LogP contribution in [0, 0.1) is 23.0 Å². The number of imidazole rings is 1. The van der Waals surface area contributed by atoms with Crippen LogP contribution in [-0.2, 0) is 30.5 Å². The molecule has 4 atom stereocenters. The summed E-state index contributed by atoms with van der Waals surface area (Å²) in [5, 5.41) is 16.6. The molecule has 0 bridgehead atoms. The van der Waals surface area contributed by atoms with Gasteiger partial charge in [-0.15, -0.1) is 0 Å². The SMILES string of the molecule is C[C@H](O)C(=O)N(C[C@@H]1CNC[C@@H]1F)[C@@H](c1nc(-c2cc(F)ccc2F)cn1Cc1ccccc1)C(C)(C)CCNC(=O)CCOCCN1C(=O)C=CC1=O. The van der Waals surface area contributed by atoms with Gasteiger partial charge in [0.05, 0.1) is 31.5 Å². The predicted octanol–water partition coefficient (Wildman–Crippen LogP) is 3.55. The fourth-order valence-electron chi connectivity index (χ4n) is 6.81. The number of carbonyl (C=O) groups excluding carboxylic acids is 4. The Balaban J connectivity index is 1.42. The minimum atomic E-state index is -1.45. The van der Waals surface area contributed by atoms with E-state index in [1.54, 1.807) is 10.8 Å². The number of hydrogen-bond donors (Lipinski definition) is 3. The highest BCUT2D eigenvalue weighted by Gasteiger charge is 2.44. The van der Waals surface area contributed by atoms with E-state index < -0.39 is 59.0 Å². The van der Waals surface area contributed by atoms with Gasteiger partial charge in [-0.25, -0.2) is 18.2 Å². The Hall–Kier alpha value is -4.86. The number of nitrogens with zero attached hydrogens (tertiary/aromatic N) is 4. The van der Waals surface area contributed by atoms with E-state index in [9.17, 15) is 28.7 Å². The minimum Gasteiger partial charge on any atom is -0.384 e. The van der Waals surface area contributed by atoms with E-state index in [1.165, 1.54) is 24.0 Å². The lowest BCUT2D eigenvalue weighted by Gasteiger charge is -2.43. The monoisotopic (exact) mass is 752 g/mol. The summed E-state index contributed by atoms with van der Waals surface area (Å²) in [6.07, 6.45) is 1.55. The van der Waals surface area contributed by atoms with Crippen molar-refractivity contribution in [3.63, 3.8) is 0 Å². The third kappa shape index (κ3) is 10.0. The third-order valence-electron chi connectivity index (χ3n) is 9.76. The summed E-state index contributed by atoms with van der Waals surface area (Å²) in [4.78, 5) is 57.6. The number of aliphatic hydroxyl groups excluding tert-OH is 1. The Bertz CT molecular complexity index is 1820. The predicted molar refractivity (Wildman–Crippen MR) is 193 cm³/mol. The first kappa shape index (κ1) is 40.3. The summed E-state index contributed by atoms with van der Waals surface area (Å²) in [7, 11) is 0. The number of imide groups is 1. The Morgan fingerprint density at radius 2 is 1.81 bits per heavy atom. The fraction of sp³-hybridized carbons (Fsp3) is 0.462. The van der Waals surface area contributed by atoms with E-state index in [0.717, 1.165) is 28.7 Å². The number of nitrogens with one attached hydrogen (secondary N) is 2.